The molecule has 144 valence electrons. The maximum Gasteiger partial charge on any atom is 0.137 e. The maximum atomic E-state index is 6.02. The van der Waals surface area contributed by atoms with Gasteiger partial charge in [0.2, 0.25) is 0 Å². The lowest BCUT2D eigenvalue weighted by atomic mass is 10.0. The molecule has 4 heteroatoms. The molecule has 0 radical (unpaired) electrons. The Kier molecular flexibility index (Phi) is 5.81. The van der Waals surface area contributed by atoms with Crippen molar-refractivity contribution < 1.29 is 4.74 Å². The van der Waals surface area contributed by atoms with Gasteiger partial charge in [0.1, 0.15) is 18.0 Å². The lowest BCUT2D eigenvalue weighted by Crippen LogP contribution is -1.95. The molecule has 29 heavy (non-hydrogen) atoms. The molecule has 3 heterocycles. The number of allylic oxidation sites excluding steroid dienone is 3. The minimum Gasteiger partial charge on any atom is -0.489 e. The predicted octanol–water partition coefficient (Wildman–Crippen LogP) is 6.19. The zero-order valence-corrected chi connectivity index (χ0v) is 16.4. The van der Waals surface area contributed by atoms with Crippen LogP contribution in [0.4, 0.5) is 0 Å². The average molecular weight is 381 g/mol. The van der Waals surface area contributed by atoms with Crippen molar-refractivity contribution in [3.63, 3.8) is 0 Å². The molecule has 0 saturated carbocycles. The Bertz CT molecular complexity index is 1140. The number of rotatable bonds is 7. The third-order valence-corrected chi connectivity index (χ3v) is 4.67. The summed E-state index contributed by atoms with van der Waals surface area (Å²) in [4.78, 5) is 12.0. The molecule has 0 aliphatic carbocycles. The Labute approximate surface area is 170 Å². The van der Waals surface area contributed by atoms with Gasteiger partial charge < -0.3 is 9.72 Å². The van der Waals surface area contributed by atoms with Crippen molar-refractivity contribution in [1.82, 2.24) is 15.0 Å². The van der Waals surface area contributed by atoms with Crippen LogP contribution in [0, 0.1) is 0 Å². The molecule has 0 aliphatic rings. The fourth-order valence-electron chi connectivity index (χ4n) is 3.24. The molecule has 3 aromatic heterocycles. The Hall–Kier alpha value is -3.66. The van der Waals surface area contributed by atoms with E-state index in [9.17, 15) is 0 Å². The normalized spacial score (nSPS) is 11.6. The Morgan fingerprint density at radius 3 is 2.66 bits per heavy atom. The van der Waals surface area contributed by atoms with Gasteiger partial charge in [0.15, 0.2) is 0 Å². The third-order valence-electron chi connectivity index (χ3n) is 4.67. The van der Waals surface area contributed by atoms with Gasteiger partial charge in [0, 0.05) is 46.9 Å². The van der Waals surface area contributed by atoms with Crippen molar-refractivity contribution in [1.29, 1.82) is 0 Å². The summed E-state index contributed by atoms with van der Waals surface area (Å²) >= 11 is 0. The van der Waals surface area contributed by atoms with E-state index < -0.39 is 0 Å². The molecule has 0 fully saturated rings. The Morgan fingerprint density at radius 2 is 1.79 bits per heavy atom. The van der Waals surface area contributed by atoms with Gasteiger partial charge in [0.05, 0.1) is 0 Å². The molecular weight excluding hydrogens is 358 g/mol. The summed E-state index contributed by atoms with van der Waals surface area (Å²) in [5, 5.41) is 1.08. The number of aromatic amines is 1. The molecule has 0 amide bonds. The molecule has 0 aliphatic heterocycles. The molecule has 4 aromatic rings. The van der Waals surface area contributed by atoms with Crippen molar-refractivity contribution in [3.05, 3.63) is 91.6 Å². The summed E-state index contributed by atoms with van der Waals surface area (Å²) in [6.07, 6.45) is 16.7. The first-order valence-electron chi connectivity index (χ1n) is 9.78. The fraction of sp³-hybridized carbons (Fsp3) is 0.120. The van der Waals surface area contributed by atoms with Crippen LogP contribution in [0.25, 0.3) is 33.3 Å². The molecule has 4 rings (SSSR count). The maximum absolute atomic E-state index is 6.02. The quantitative estimate of drug-likeness (QED) is 0.388. The molecule has 1 N–H and O–H groups in total. The summed E-state index contributed by atoms with van der Waals surface area (Å²) in [6.45, 7) is 2.64. The van der Waals surface area contributed by atoms with E-state index in [2.05, 4.69) is 40.1 Å². The van der Waals surface area contributed by atoms with Gasteiger partial charge in [-0.1, -0.05) is 43.4 Å². The largest absolute Gasteiger partial charge is 0.489 e. The third kappa shape index (κ3) is 4.27. The SMILES string of the molecule is CC/C=C\C=C/COc1ccccc1-c1cnc2[nH]cc(-c3ccncc3)c2c1. The number of benzene rings is 1. The number of nitrogens with zero attached hydrogens (tertiary/aromatic N) is 2. The highest BCUT2D eigenvalue weighted by molar-refractivity contribution is 5.96. The van der Waals surface area contributed by atoms with Crippen molar-refractivity contribution in [2.24, 2.45) is 0 Å². The highest BCUT2D eigenvalue weighted by atomic mass is 16.5. The highest BCUT2D eigenvalue weighted by Crippen LogP contribution is 2.34. The van der Waals surface area contributed by atoms with Crippen LogP contribution in [-0.4, -0.2) is 21.6 Å². The van der Waals surface area contributed by atoms with Gasteiger partial charge in [0.25, 0.3) is 0 Å². The topological polar surface area (TPSA) is 50.8 Å². The summed E-state index contributed by atoms with van der Waals surface area (Å²) in [5.74, 6) is 0.846. The van der Waals surface area contributed by atoms with Crippen molar-refractivity contribution in [3.8, 4) is 28.0 Å². The molecule has 0 spiro atoms. The summed E-state index contributed by atoms with van der Waals surface area (Å²) in [5.41, 5.74) is 5.14. The second-order valence-electron chi connectivity index (χ2n) is 6.63. The summed E-state index contributed by atoms with van der Waals surface area (Å²) < 4.78 is 6.02. The van der Waals surface area contributed by atoms with E-state index in [0.29, 0.717) is 6.61 Å². The molecule has 0 unspecified atom stereocenters. The number of hydrogen-bond acceptors (Lipinski definition) is 3. The molecular formula is C25H23N3O. The molecule has 4 nitrogen and oxygen atoms in total. The molecule has 0 saturated heterocycles. The number of para-hydroxylation sites is 1. The number of aromatic nitrogens is 3. The number of ether oxygens (including phenoxy) is 1. The number of fused-ring (bicyclic) bond motifs is 1. The van der Waals surface area contributed by atoms with Crippen LogP contribution in [-0.2, 0) is 0 Å². The van der Waals surface area contributed by atoms with Gasteiger partial charge >= 0.3 is 0 Å². The van der Waals surface area contributed by atoms with E-state index >= 15 is 0 Å². The molecule has 0 bridgehead atoms. The zero-order chi connectivity index (χ0) is 19.9. The monoisotopic (exact) mass is 381 g/mol. The standard InChI is InChI=1S/C25H23N3O/c1-2-3-4-5-8-15-29-24-10-7-6-9-21(24)20-16-22-23(18-28-25(22)27-17-20)19-11-13-26-14-12-19/h3-14,16-18H,2,15H2,1H3,(H,27,28)/b4-3-,8-5-. The van der Waals surface area contributed by atoms with E-state index in [1.54, 1.807) is 12.4 Å². The Morgan fingerprint density at radius 1 is 0.966 bits per heavy atom. The average Bonchev–Trinajstić information content (AvgIpc) is 3.20. The predicted molar refractivity (Wildman–Crippen MR) is 119 cm³/mol. The van der Waals surface area contributed by atoms with Crippen molar-refractivity contribution in [2.45, 2.75) is 13.3 Å². The Balaban J connectivity index is 1.65. The van der Waals surface area contributed by atoms with E-state index in [1.165, 1.54) is 0 Å². The first kappa shape index (κ1) is 18.7. The van der Waals surface area contributed by atoms with Crippen LogP contribution in [0.5, 0.6) is 5.75 Å². The first-order valence-corrected chi connectivity index (χ1v) is 9.78. The van der Waals surface area contributed by atoms with E-state index in [1.807, 2.05) is 61.0 Å². The summed E-state index contributed by atoms with van der Waals surface area (Å²) in [7, 11) is 0. The van der Waals surface area contributed by atoms with E-state index in [-0.39, 0.29) is 0 Å². The van der Waals surface area contributed by atoms with Crippen LogP contribution in [0.3, 0.4) is 0 Å². The van der Waals surface area contributed by atoms with Crippen LogP contribution >= 0.6 is 0 Å². The van der Waals surface area contributed by atoms with Gasteiger partial charge in [-0.2, -0.15) is 0 Å². The number of pyridine rings is 2. The number of hydrogen-bond donors (Lipinski definition) is 1. The van der Waals surface area contributed by atoms with E-state index in [4.69, 9.17) is 4.74 Å². The molecule has 0 atom stereocenters. The lowest BCUT2D eigenvalue weighted by Gasteiger charge is -2.10. The fourth-order valence-corrected chi connectivity index (χ4v) is 3.24. The lowest BCUT2D eigenvalue weighted by molar-refractivity contribution is 0.364. The van der Waals surface area contributed by atoms with Crippen LogP contribution < -0.4 is 4.74 Å². The van der Waals surface area contributed by atoms with Crippen molar-refractivity contribution in [2.75, 3.05) is 6.61 Å². The first-order chi connectivity index (χ1) is 14.4. The zero-order valence-electron chi connectivity index (χ0n) is 16.4. The smallest absolute Gasteiger partial charge is 0.137 e. The second-order valence-corrected chi connectivity index (χ2v) is 6.63. The van der Waals surface area contributed by atoms with Crippen LogP contribution in [0.1, 0.15) is 13.3 Å². The minimum atomic E-state index is 0.521. The highest BCUT2D eigenvalue weighted by Gasteiger charge is 2.11. The van der Waals surface area contributed by atoms with Crippen LogP contribution in [0.15, 0.2) is 91.6 Å². The van der Waals surface area contributed by atoms with Crippen molar-refractivity contribution >= 4 is 11.0 Å². The van der Waals surface area contributed by atoms with Gasteiger partial charge in [-0.05, 0) is 42.3 Å². The molecule has 1 aromatic carbocycles. The number of H-pyrrole nitrogens is 1. The van der Waals surface area contributed by atoms with Gasteiger partial charge in [-0.3, -0.25) is 4.98 Å². The van der Waals surface area contributed by atoms with Gasteiger partial charge in [-0.15, -0.1) is 0 Å². The second kappa shape index (κ2) is 9.02. The minimum absolute atomic E-state index is 0.521. The van der Waals surface area contributed by atoms with Gasteiger partial charge in [-0.25, -0.2) is 4.98 Å². The summed E-state index contributed by atoms with van der Waals surface area (Å²) in [6, 6.07) is 14.2. The number of nitrogens with one attached hydrogen (secondary N) is 1. The van der Waals surface area contributed by atoms with E-state index in [0.717, 1.165) is 45.5 Å². The van der Waals surface area contributed by atoms with Crippen LogP contribution in [0.2, 0.25) is 0 Å².